The molecule has 0 unspecified atom stereocenters. The van der Waals surface area contributed by atoms with E-state index in [1.807, 2.05) is 0 Å². The number of nitrogens with one attached hydrogen (secondary N) is 1. The van der Waals surface area contributed by atoms with E-state index >= 15 is 0 Å². The lowest BCUT2D eigenvalue weighted by Gasteiger charge is -2.18. The first-order valence-corrected chi connectivity index (χ1v) is 6.57. The van der Waals surface area contributed by atoms with E-state index in [2.05, 4.69) is 9.97 Å². The molecule has 0 aliphatic heterocycles. The number of aromatic amines is 1. The molecule has 0 saturated heterocycles. The van der Waals surface area contributed by atoms with Gasteiger partial charge < -0.3 is 20.3 Å². The minimum atomic E-state index is -0.995. The molecule has 0 atom stereocenters. The van der Waals surface area contributed by atoms with E-state index in [-0.39, 0.29) is 10.5 Å². The predicted molar refractivity (Wildman–Crippen MR) is 73.1 cm³/mol. The second-order valence-electron chi connectivity index (χ2n) is 4.19. The van der Waals surface area contributed by atoms with Gasteiger partial charge in [0.05, 0.1) is 11.1 Å². The van der Waals surface area contributed by atoms with Gasteiger partial charge in [-0.1, -0.05) is 0 Å². The van der Waals surface area contributed by atoms with Gasteiger partial charge in [0, 0.05) is 12.4 Å². The van der Waals surface area contributed by atoms with Gasteiger partial charge in [0.1, 0.15) is 22.2 Å². The van der Waals surface area contributed by atoms with E-state index in [4.69, 9.17) is 0 Å². The Balaban J connectivity index is 2.22. The van der Waals surface area contributed by atoms with Crippen LogP contribution in [0.25, 0.3) is 5.76 Å². The zero-order chi connectivity index (χ0) is 15.1. The Morgan fingerprint density at radius 3 is 2.29 bits per heavy atom. The monoisotopic (exact) mass is 304 g/mol. The number of allylic oxidation sites excluding steroid dienone is 1. The summed E-state index contributed by atoms with van der Waals surface area (Å²) in [5.41, 5.74) is -0.657. The largest absolute Gasteiger partial charge is 0.507 e. The van der Waals surface area contributed by atoms with Gasteiger partial charge in [0.15, 0.2) is 5.16 Å². The van der Waals surface area contributed by atoms with Crippen LogP contribution < -0.4 is 0 Å². The molecule has 21 heavy (non-hydrogen) atoms. The van der Waals surface area contributed by atoms with Crippen LogP contribution in [0.1, 0.15) is 15.9 Å². The fraction of sp³-hybridized carbons (Fsp3) is 0. The number of fused-ring (bicyclic) bond motifs is 1. The van der Waals surface area contributed by atoms with Crippen molar-refractivity contribution in [3.63, 3.8) is 0 Å². The summed E-state index contributed by atoms with van der Waals surface area (Å²) in [7, 11) is 0. The van der Waals surface area contributed by atoms with Crippen molar-refractivity contribution in [3.8, 4) is 11.5 Å². The number of benzene rings is 1. The van der Waals surface area contributed by atoms with Gasteiger partial charge in [-0.2, -0.15) is 0 Å². The molecule has 106 valence electrons. The number of Topliss-reactive ketones (excluding diaryl/α,β-unsaturated/α-hetero) is 2. The Morgan fingerprint density at radius 1 is 1.00 bits per heavy atom. The zero-order valence-electron chi connectivity index (χ0n) is 10.3. The first kappa shape index (κ1) is 13.3. The van der Waals surface area contributed by atoms with Crippen molar-refractivity contribution >= 4 is 29.1 Å². The van der Waals surface area contributed by atoms with Gasteiger partial charge in [-0.3, -0.25) is 9.59 Å². The highest BCUT2D eigenvalue weighted by molar-refractivity contribution is 8.04. The molecule has 0 amide bonds. The topological polar surface area (TPSA) is 124 Å². The van der Waals surface area contributed by atoms with Crippen LogP contribution in [0.2, 0.25) is 0 Å². The highest BCUT2D eigenvalue weighted by Gasteiger charge is 2.37. The van der Waals surface area contributed by atoms with Crippen LogP contribution >= 0.6 is 11.8 Å². The molecule has 0 radical (unpaired) electrons. The van der Waals surface area contributed by atoms with Crippen LogP contribution in [0.4, 0.5) is 0 Å². The molecular formula is C13H8N2O5S. The summed E-state index contributed by atoms with van der Waals surface area (Å²) >= 11 is 0.769. The van der Waals surface area contributed by atoms with Crippen molar-refractivity contribution in [2.24, 2.45) is 0 Å². The zero-order valence-corrected chi connectivity index (χ0v) is 11.1. The minimum absolute atomic E-state index is 0.256. The highest BCUT2D eigenvalue weighted by Crippen LogP contribution is 2.42. The molecule has 1 aliphatic rings. The molecule has 1 aliphatic carbocycles. The Morgan fingerprint density at radius 2 is 1.67 bits per heavy atom. The number of nitrogens with zero attached hydrogens (tertiary/aromatic N) is 1. The number of phenolic OH excluding ortho intramolecular Hbond substituents is 2. The molecular weight excluding hydrogens is 296 g/mol. The molecule has 4 N–H and O–H groups in total. The molecule has 0 spiro atoms. The van der Waals surface area contributed by atoms with Gasteiger partial charge in [-0.05, 0) is 23.9 Å². The van der Waals surface area contributed by atoms with Crippen molar-refractivity contribution in [2.45, 2.75) is 5.16 Å². The van der Waals surface area contributed by atoms with Crippen molar-refractivity contribution in [1.29, 1.82) is 0 Å². The lowest BCUT2D eigenvalue weighted by atomic mass is 9.92. The molecule has 0 fully saturated rings. The number of aromatic nitrogens is 2. The fourth-order valence-corrected chi connectivity index (χ4v) is 2.80. The average molecular weight is 304 g/mol. The Bertz CT molecular complexity index is 795. The molecule has 3 rings (SSSR count). The van der Waals surface area contributed by atoms with E-state index < -0.39 is 34.4 Å². The van der Waals surface area contributed by atoms with Gasteiger partial charge in [0.2, 0.25) is 11.6 Å². The number of carbonyl (C=O) groups is 2. The molecule has 1 aromatic heterocycles. The van der Waals surface area contributed by atoms with Crippen molar-refractivity contribution in [1.82, 2.24) is 9.97 Å². The predicted octanol–water partition coefficient (Wildman–Crippen LogP) is 1.61. The third kappa shape index (κ3) is 1.96. The number of carbonyl (C=O) groups excluding carboxylic acids is 2. The van der Waals surface area contributed by atoms with Gasteiger partial charge in [0.25, 0.3) is 0 Å². The number of aromatic hydroxyl groups is 2. The molecule has 0 saturated carbocycles. The normalized spacial score (nSPS) is 14.5. The molecule has 1 heterocycles. The third-order valence-corrected chi connectivity index (χ3v) is 3.92. The molecule has 0 bridgehead atoms. The van der Waals surface area contributed by atoms with Crippen LogP contribution in [0.3, 0.4) is 0 Å². The summed E-state index contributed by atoms with van der Waals surface area (Å²) in [6.07, 6.45) is 2.97. The number of hydrogen-bond acceptors (Lipinski definition) is 7. The highest BCUT2D eigenvalue weighted by atomic mass is 32.2. The second kappa shape index (κ2) is 4.67. The Labute approximate surface area is 122 Å². The number of hydrogen-bond donors (Lipinski definition) is 4. The van der Waals surface area contributed by atoms with Gasteiger partial charge in [-0.25, -0.2) is 4.98 Å². The summed E-state index contributed by atoms with van der Waals surface area (Å²) in [6.45, 7) is 0. The standard InChI is InChI=1S/C13H8N2O5S/c16-5-1-2-6(17)8-7(5)9(18)11(20)12(10(8)19)21-13-14-3-4-15-13/h1-4,16-17,19H,(H,14,15). The summed E-state index contributed by atoms with van der Waals surface area (Å²) in [6, 6.07) is 2.21. The number of H-pyrrole nitrogens is 1. The molecule has 2 aromatic rings. The third-order valence-electron chi connectivity index (χ3n) is 2.92. The second-order valence-corrected chi connectivity index (χ2v) is 5.19. The summed E-state index contributed by atoms with van der Waals surface area (Å²) < 4.78 is 0. The summed E-state index contributed by atoms with van der Waals surface area (Å²) in [5, 5.41) is 30.0. The number of ketones is 2. The number of rotatable bonds is 2. The summed E-state index contributed by atoms with van der Waals surface area (Å²) in [4.78, 5) is 30.5. The van der Waals surface area contributed by atoms with E-state index in [0.29, 0.717) is 5.16 Å². The number of thioether (sulfide) groups is 1. The Kier molecular flexibility index (Phi) is 2.95. The van der Waals surface area contributed by atoms with Crippen LogP contribution in [0, 0.1) is 0 Å². The van der Waals surface area contributed by atoms with Crippen molar-refractivity contribution in [2.75, 3.05) is 0 Å². The minimum Gasteiger partial charge on any atom is -0.507 e. The Hall–Kier alpha value is -2.74. The van der Waals surface area contributed by atoms with E-state index in [9.17, 15) is 24.9 Å². The van der Waals surface area contributed by atoms with Crippen molar-refractivity contribution in [3.05, 3.63) is 40.6 Å². The SMILES string of the molecule is O=C1C(=O)c2c(O)ccc(O)c2C(O)=C1Sc1ncc[nH]1. The lowest BCUT2D eigenvalue weighted by molar-refractivity contribution is -0.111. The first-order chi connectivity index (χ1) is 10.0. The molecule has 7 nitrogen and oxygen atoms in total. The van der Waals surface area contributed by atoms with Gasteiger partial charge >= 0.3 is 0 Å². The van der Waals surface area contributed by atoms with Gasteiger partial charge in [-0.15, -0.1) is 0 Å². The first-order valence-electron chi connectivity index (χ1n) is 5.75. The number of aliphatic hydroxyl groups excluding tert-OH is 1. The van der Waals surface area contributed by atoms with E-state index in [1.165, 1.54) is 12.4 Å². The number of phenols is 2. The van der Waals surface area contributed by atoms with Crippen LogP contribution in [-0.4, -0.2) is 36.9 Å². The van der Waals surface area contributed by atoms with Crippen LogP contribution in [0.5, 0.6) is 11.5 Å². The molecule has 8 heteroatoms. The van der Waals surface area contributed by atoms with Crippen molar-refractivity contribution < 1.29 is 24.9 Å². The maximum Gasteiger partial charge on any atom is 0.244 e. The molecule has 1 aromatic carbocycles. The quantitative estimate of drug-likeness (QED) is 0.491. The average Bonchev–Trinajstić information content (AvgIpc) is 2.96. The lowest BCUT2D eigenvalue weighted by Crippen LogP contribution is -2.23. The number of aliphatic hydroxyl groups is 1. The summed E-state index contributed by atoms with van der Waals surface area (Å²) in [5.74, 6) is -3.41. The van der Waals surface area contributed by atoms with Crippen LogP contribution in [-0.2, 0) is 4.79 Å². The van der Waals surface area contributed by atoms with E-state index in [0.717, 1.165) is 23.9 Å². The smallest absolute Gasteiger partial charge is 0.244 e. The fourth-order valence-electron chi connectivity index (χ4n) is 1.99. The van der Waals surface area contributed by atoms with E-state index in [1.54, 1.807) is 0 Å². The maximum atomic E-state index is 12.1. The number of imidazole rings is 1. The maximum absolute atomic E-state index is 12.1. The van der Waals surface area contributed by atoms with Crippen LogP contribution in [0.15, 0.2) is 34.6 Å².